The van der Waals surface area contributed by atoms with E-state index in [4.69, 9.17) is 4.74 Å². The third kappa shape index (κ3) is 7.01. The molecule has 0 fully saturated rings. The summed E-state index contributed by atoms with van der Waals surface area (Å²) in [5, 5.41) is 0. The first-order valence-corrected chi connectivity index (χ1v) is 8.54. The molecule has 0 radical (unpaired) electrons. The molecule has 0 N–H and O–H groups in total. The molecule has 1 heterocycles. The SMILES string of the molecule is CCCCCCC(C)=CC(=O)CC1=NC(=O)C(CCCC)O1. The lowest BCUT2D eigenvalue weighted by Gasteiger charge is -2.08. The van der Waals surface area contributed by atoms with Crippen LogP contribution in [-0.4, -0.2) is 23.7 Å². The molecule has 1 aliphatic heterocycles. The standard InChI is InChI=1S/C18H29NO3/c1-4-6-8-9-10-14(3)12-15(20)13-17-19-18(21)16(22-17)11-7-5-2/h12,16H,4-11,13H2,1-3H3. The van der Waals surface area contributed by atoms with Crippen LogP contribution in [0.3, 0.4) is 0 Å². The summed E-state index contributed by atoms with van der Waals surface area (Å²) in [6, 6.07) is 0. The van der Waals surface area contributed by atoms with Crippen molar-refractivity contribution in [3.63, 3.8) is 0 Å². The first kappa shape index (κ1) is 18.6. The number of ether oxygens (including phenoxy) is 1. The zero-order valence-electron chi connectivity index (χ0n) is 14.2. The molecule has 22 heavy (non-hydrogen) atoms. The Morgan fingerprint density at radius 1 is 1.18 bits per heavy atom. The Labute approximate surface area is 134 Å². The summed E-state index contributed by atoms with van der Waals surface area (Å²) in [7, 11) is 0. The van der Waals surface area contributed by atoms with Crippen LogP contribution in [0.4, 0.5) is 0 Å². The lowest BCUT2D eigenvalue weighted by molar-refractivity contribution is -0.123. The van der Waals surface area contributed by atoms with Gasteiger partial charge in [0, 0.05) is 0 Å². The Kier molecular flexibility index (Phi) is 8.71. The molecular weight excluding hydrogens is 278 g/mol. The molecule has 1 aliphatic rings. The molecule has 1 unspecified atom stereocenters. The molecule has 0 aromatic rings. The van der Waals surface area contributed by atoms with Crippen LogP contribution in [0.15, 0.2) is 16.6 Å². The van der Waals surface area contributed by atoms with E-state index >= 15 is 0 Å². The fraction of sp³-hybridized carbons (Fsp3) is 0.722. The normalized spacial score (nSPS) is 18.3. The van der Waals surface area contributed by atoms with Crippen molar-refractivity contribution in [3.8, 4) is 0 Å². The number of carbonyl (C=O) groups is 2. The van der Waals surface area contributed by atoms with Gasteiger partial charge in [-0.1, -0.05) is 45.1 Å². The summed E-state index contributed by atoms with van der Waals surface area (Å²) in [6.07, 6.45) is 9.67. The van der Waals surface area contributed by atoms with E-state index in [2.05, 4.69) is 18.8 Å². The molecule has 4 heteroatoms. The Morgan fingerprint density at radius 3 is 2.59 bits per heavy atom. The molecule has 1 atom stereocenters. The third-order valence-corrected chi connectivity index (χ3v) is 3.77. The molecule has 1 rings (SSSR count). The van der Waals surface area contributed by atoms with Gasteiger partial charge in [-0.2, -0.15) is 4.99 Å². The first-order valence-electron chi connectivity index (χ1n) is 8.54. The molecule has 4 nitrogen and oxygen atoms in total. The second-order valence-corrected chi connectivity index (χ2v) is 6.04. The summed E-state index contributed by atoms with van der Waals surface area (Å²) in [4.78, 5) is 27.5. The van der Waals surface area contributed by atoms with Gasteiger partial charge in [0.15, 0.2) is 17.8 Å². The number of unbranched alkanes of at least 4 members (excludes halogenated alkanes) is 4. The average molecular weight is 307 g/mol. The lowest BCUT2D eigenvalue weighted by atomic mass is 10.1. The summed E-state index contributed by atoms with van der Waals surface area (Å²) in [5.74, 6) is 0.0123. The zero-order valence-corrected chi connectivity index (χ0v) is 14.2. The van der Waals surface area contributed by atoms with E-state index in [0.717, 1.165) is 31.3 Å². The van der Waals surface area contributed by atoms with Gasteiger partial charge in [-0.25, -0.2) is 0 Å². The van der Waals surface area contributed by atoms with E-state index < -0.39 is 6.10 Å². The van der Waals surface area contributed by atoms with Crippen molar-refractivity contribution in [1.29, 1.82) is 0 Å². The quantitative estimate of drug-likeness (QED) is 0.420. The number of hydrogen-bond acceptors (Lipinski definition) is 3. The van der Waals surface area contributed by atoms with Crippen LogP contribution < -0.4 is 0 Å². The molecule has 124 valence electrons. The summed E-state index contributed by atoms with van der Waals surface area (Å²) in [5.41, 5.74) is 1.09. The molecule has 0 bridgehead atoms. The number of allylic oxidation sites excluding steroid dienone is 2. The lowest BCUT2D eigenvalue weighted by Crippen LogP contribution is -2.18. The Morgan fingerprint density at radius 2 is 1.91 bits per heavy atom. The summed E-state index contributed by atoms with van der Waals surface area (Å²) in [6.45, 7) is 6.23. The highest BCUT2D eigenvalue weighted by Crippen LogP contribution is 2.16. The predicted octanol–water partition coefficient (Wildman–Crippen LogP) is 4.38. The van der Waals surface area contributed by atoms with Crippen LogP contribution in [0.1, 0.15) is 78.6 Å². The number of nitrogens with zero attached hydrogens (tertiary/aromatic N) is 1. The van der Waals surface area contributed by atoms with Gasteiger partial charge in [-0.05, 0) is 38.7 Å². The van der Waals surface area contributed by atoms with E-state index in [0.29, 0.717) is 6.42 Å². The molecule has 0 saturated heterocycles. The molecule has 0 aliphatic carbocycles. The molecule has 0 spiro atoms. The van der Waals surface area contributed by atoms with Gasteiger partial charge >= 0.3 is 0 Å². The van der Waals surface area contributed by atoms with Crippen LogP contribution in [-0.2, 0) is 14.3 Å². The van der Waals surface area contributed by atoms with E-state index in [1.807, 2.05) is 6.92 Å². The predicted molar refractivity (Wildman–Crippen MR) is 89.0 cm³/mol. The second kappa shape index (κ2) is 10.3. The third-order valence-electron chi connectivity index (χ3n) is 3.77. The zero-order chi connectivity index (χ0) is 16.4. The summed E-state index contributed by atoms with van der Waals surface area (Å²) < 4.78 is 5.49. The van der Waals surface area contributed by atoms with Crippen molar-refractivity contribution in [3.05, 3.63) is 11.6 Å². The minimum atomic E-state index is -0.470. The van der Waals surface area contributed by atoms with Crippen molar-refractivity contribution in [1.82, 2.24) is 0 Å². The average Bonchev–Trinajstić information content (AvgIpc) is 2.81. The van der Waals surface area contributed by atoms with Crippen LogP contribution in [0.5, 0.6) is 0 Å². The van der Waals surface area contributed by atoms with Crippen LogP contribution >= 0.6 is 0 Å². The highest BCUT2D eigenvalue weighted by atomic mass is 16.5. The molecule has 1 amide bonds. The molecule has 0 saturated carbocycles. The number of ketones is 1. The highest BCUT2D eigenvalue weighted by Gasteiger charge is 2.28. The van der Waals surface area contributed by atoms with Gasteiger partial charge < -0.3 is 4.74 Å². The summed E-state index contributed by atoms with van der Waals surface area (Å²) >= 11 is 0. The van der Waals surface area contributed by atoms with Crippen LogP contribution in [0.25, 0.3) is 0 Å². The second-order valence-electron chi connectivity index (χ2n) is 6.04. The maximum absolute atomic E-state index is 12.0. The van der Waals surface area contributed by atoms with Crippen LogP contribution in [0.2, 0.25) is 0 Å². The Bertz CT molecular complexity index is 438. The number of amides is 1. The number of hydrogen-bond donors (Lipinski definition) is 0. The number of rotatable bonds is 11. The van der Waals surface area contributed by atoms with Crippen LogP contribution in [0, 0.1) is 0 Å². The number of carbonyl (C=O) groups excluding carboxylic acids is 2. The van der Waals surface area contributed by atoms with Crippen molar-refractivity contribution in [2.45, 2.75) is 84.7 Å². The van der Waals surface area contributed by atoms with E-state index in [-0.39, 0.29) is 24.0 Å². The number of aliphatic imine (C=N–C) groups is 1. The molecule has 0 aromatic heterocycles. The van der Waals surface area contributed by atoms with Crippen molar-refractivity contribution >= 4 is 17.6 Å². The topological polar surface area (TPSA) is 55.7 Å². The molecule has 0 aromatic carbocycles. The van der Waals surface area contributed by atoms with Gasteiger partial charge in [-0.3, -0.25) is 9.59 Å². The Hall–Kier alpha value is -1.45. The highest BCUT2D eigenvalue weighted by molar-refractivity contribution is 6.09. The van der Waals surface area contributed by atoms with E-state index in [9.17, 15) is 9.59 Å². The van der Waals surface area contributed by atoms with Gasteiger partial charge in [0.1, 0.15) is 0 Å². The minimum Gasteiger partial charge on any atom is -0.467 e. The smallest absolute Gasteiger partial charge is 0.289 e. The van der Waals surface area contributed by atoms with Gasteiger partial charge in [0.25, 0.3) is 5.91 Å². The Balaban J connectivity index is 2.35. The fourth-order valence-electron chi connectivity index (χ4n) is 2.47. The van der Waals surface area contributed by atoms with Crippen molar-refractivity contribution in [2.75, 3.05) is 0 Å². The van der Waals surface area contributed by atoms with Gasteiger partial charge in [0.2, 0.25) is 0 Å². The first-order chi connectivity index (χ1) is 10.6. The monoisotopic (exact) mass is 307 g/mol. The maximum Gasteiger partial charge on any atom is 0.289 e. The van der Waals surface area contributed by atoms with E-state index in [1.165, 1.54) is 19.3 Å². The largest absolute Gasteiger partial charge is 0.467 e. The minimum absolute atomic E-state index is 0.0318. The van der Waals surface area contributed by atoms with Crippen molar-refractivity contribution < 1.29 is 14.3 Å². The van der Waals surface area contributed by atoms with Gasteiger partial charge in [0.05, 0.1) is 6.42 Å². The van der Waals surface area contributed by atoms with Crippen molar-refractivity contribution in [2.24, 2.45) is 4.99 Å². The van der Waals surface area contributed by atoms with Gasteiger partial charge in [-0.15, -0.1) is 0 Å². The fourth-order valence-corrected chi connectivity index (χ4v) is 2.47. The molecular formula is C18H29NO3. The van der Waals surface area contributed by atoms with E-state index in [1.54, 1.807) is 6.08 Å². The maximum atomic E-state index is 12.0.